The fraction of sp³-hybridized carbons (Fsp3) is 0.556. The number of rotatable bonds is 4. The second-order valence-electron chi connectivity index (χ2n) is 7.46. The van der Waals surface area contributed by atoms with Gasteiger partial charge in [-0.05, 0) is 37.4 Å². The minimum Gasteiger partial charge on any atom is -0.369 e. The summed E-state index contributed by atoms with van der Waals surface area (Å²) in [6.07, 6.45) is 7.30. The van der Waals surface area contributed by atoms with Gasteiger partial charge in [0.2, 0.25) is 0 Å². The fourth-order valence-electron chi connectivity index (χ4n) is 4.05. The standard InChI is InChI=1S/C18H22ClFN6S/c1-25(2)9-21-16-12-14(13(20)15(19)23-16)22-18(27-3)24-17(12)26-7-10-4-5-11(6-10)8-26/h9-11H,4-8H2,1-3H3. The van der Waals surface area contributed by atoms with E-state index in [1.54, 1.807) is 11.2 Å². The van der Waals surface area contributed by atoms with Gasteiger partial charge >= 0.3 is 0 Å². The van der Waals surface area contributed by atoms with Crippen LogP contribution in [0.1, 0.15) is 19.3 Å². The number of fused-ring (bicyclic) bond motifs is 3. The zero-order chi connectivity index (χ0) is 19.1. The third kappa shape index (κ3) is 3.57. The van der Waals surface area contributed by atoms with Crippen LogP contribution in [0, 0.1) is 17.7 Å². The van der Waals surface area contributed by atoms with Crippen LogP contribution >= 0.6 is 23.4 Å². The first-order valence-corrected chi connectivity index (χ1v) is 10.6. The molecule has 0 N–H and O–H groups in total. The predicted octanol–water partition coefficient (Wildman–Crippen LogP) is 4.00. The molecule has 0 aromatic carbocycles. The maximum absolute atomic E-state index is 14.8. The third-order valence-electron chi connectivity index (χ3n) is 5.19. The van der Waals surface area contributed by atoms with E-state index >= 15 is 0 Å². The molecular weight excluding hydrogens is 387 g/mol. The van der Waals surface area contributed by atoms with Gasteiger partial charge in [0.25, 0.3) is 0 Å². The van der Waals surface area contributed by atoms with Gasteiger partial charge in [0.1, 0.15) is 11.3 Å². The zero-order valence-corrected chi connectivity index (χ0v) is 17.2. The van der Waals surface area contributed by atoms with E-state index in [2.05, 4.69) is 19.9 Å². The Morgan fingerprint density at radius 1 is 1.22 bits per heavy atom. The van der Waals surface area contributed by atoms with Gasteiger partial charge in [-0.25, -0.2) is 24.3 Å². The molecule has 1 saturated heterocycles. The van der Waals surface area contributed by atoms with E-state index in [9.17, 15) is 4.39 Å². The first-order chi connectivity index (χ1) is 13.0. The Hall–Kier alpha value is -1.67. The van der Waals surface area contributed by atoms with Crippen LogP contribution in [0.4, 0.5) is 16.0 Å². The van der Waals surface area contributed by atoms with E-state index in [1.165, 1.54) is 31.0 Å². The highest BCUT2D eigenvalue weighted by Gasteiger charge is 2.35. The van der Waals surface area contributed by atoms with E-state index in [1.807, 2.05) is 20.4 Å². The minimum absolute atomic E-state index is 0.188. The first-order valence-electron chi connectivity index (χ1n) is 9.02. The van der Waals surface area contributed by atoms with Crippen LogP contribution in [0.3, 0.4) is 0 Å². The van der Waals surface area contributed by atoms with Gasteiger partial charge in [-0.2, -0.15) is 0 Å². The highest BCUT2D eigenvalue weighted by atomic mass is 35.5. The molecule has 0 radical (unpaired) electrons. The minimum atomic E-state index is -0.616. The van der Waals surface area contributed by atoms with Crippen LogP contribution in [0.15, 0.2) is 10.1 Å². The molecule has 0 spiro atoms. The molecule has 6 nitrogen and oxygen atoms in total. The lowest BCUT2D eigenvalue weighted by Gasteiger charge is -2.33. The molecule has 9 heteroatoms. The van der Waals surface area contributed by atoms with Crippen LogP contribution in [0.25, 0.3) is 10.9 Å². The molecule has 1 aliphatic carbocycles. The number of hydrogen-bond acceptors (Lipinski definition) is 6. The third-order valence-corrected chi connectivity index (χ3v) is 5.98. The van der Waals surface area contributed by atoms with Crippen molar-refractivity contribution in [3.63, 3.8) is 0 Å². The Morgan fingerprint density at radius 3 is 2.56 bits per heavy atom. The summed E-state index contributed by atoms with van der Waals surface area (Å²) in [6, 6.07) is 0. The molecule has 3 heterocycles. The van der Waals surface area contributed by atoms with Crippen LogP contribution in [-0.2, 0) is 0 Å². The van der Waals surface area contributed by atoms with Crippen molar-refractivity contribution in [2.45, 2.75) is 24.4 Å². The Kier molecular flexibility index (Phi) is 5.11. The van der Waals surface area contributed by atoms with Gasteiger partial charge < -0.3 is 9.80 Å². The van der Waals surface area contributed by atoms with Crippen molar-refractivity contribution in [1.29, 1.82) is 0 Å². The fourth-order valence-corrected chi connectivity index (χ4v) is 4.58. The Bertz CT molecular complexity index is 893. The maximum Gasteiger partial charge on any atom is 0.189 e. The molecule has 2 aromatic rings. The van der Waals surface area contributed by atoms with E-state index in [0.29, 0.717) is 28.2 Å². The molecule has 2 atom stereocenters. The predicted molar refractivity (Wildman–Crippen MR) is 109 cm³/mol. The molecule has 27 heavy (non-hydrogen) atoms. The molecule has 144 valence electrons. The van der Waals surface area contributed by atoms with Gasteiger partial charge in [0.05, 0.1) is 11.7 Å². The van der Waals surface area contributed by atoms with Crippen molar-refractivity contribution in [1.82, 2.24) is 19.9 Å². The molecular formula is C18H22ClFN6S. The lowest BCUT2D eigenvalue weighted by Crippen LogP contribution is -2.37. The SMILES string of the molecule is CSc1nc(N2CC3CCC(C3)C2)c2c(N=CN(C)C)nc(Cl)c(F)c2n1. The largest absolute Gasteiger partial charge is 0.369 e. The monoisotopic (exact) mass is 408 g/mol. The molecule has 1 aliphatic heterocycles. The van der Waals surface area contributed by atoms with Crippen molar-refractivity contribution in [2.24, 2.45) is 16.8 Å². The van der Waals surface area contributed by atoms with Crippen LogP contribution in [-0.4, -0.2) is 59.6 Å². The Labute approximate surface area is 167 Å². The first kappa shape index (κ1) is 18.7. The summed E-state index contributed by atoms with van der Waals surface area (Å²) in [7, 11) is 3.73. The summed E-state index contributed by atoms with van der Waals surface area (Å²) in [5.74, 6) is 1.80. The van der Waals surface area contributed by atoms with Crippen LogP contribution < -0.4 is 4.90 Å². The maximum atomic E-state index is 14.8. The number of anilines is 1. The molecule has 2 aliphatic rings. The second kappa shape index (κ2) is 7.39. The Morgan fingerprint density at radius 2 is 1.93 bits per heavy atom. The van der Waals surface area contributed by atoms with E-state index in [0.717, 1.165) is 18.9 Å². The average molecular weight is 409 g/mol. The number of aromatic nitrogens is 3. The van der Waals surface area contributed by atoms with Crippen molar-refractivity contribution >= 4 is 52.2 Å². The number of halogens is 2. The van der Waals surface area contributed by atoms with Crippen molar-refractivity contribution < 1.29 is 4.39 Å². The summed E-state index contributed by atoms with van der Waals surface area (Å²) >= 11 is 7.44. The normalized spacial score (nSPS) is 22.2. The van der Waals surface area contributed by atoms with Gasteiger partial charge in [-0.15, -0.1) is 0 Å². The van der Waals surface area contributed by atoms with E-state index < -0.39 is 5.82 Å². The number of pyridine rings is 1. The molecule has 4 rings (SSSR count). The molecule has 2 unspecified atom stereocenters. The highest BCUT2D eigenvalue weighted by Crippen LogP contribution is 2.42. The second-order valence-corrected chi connectivity index (χ2v) is 8.59. The average Bonchev–Trinajstić information content (AvgIpc) is 3.00. The van der Waals surface area contributed by atoms with Crippen molar-refractivity contribution in [3.8, 4) is 0 Å². The number of piperidine rings is 1. The van der Waals surface area contributed by atoms with E-state index in [-0.39, 0.29) is 10.7 Å². The smallest absolute Gasteiger partial charge is 0.189 e. The lowest BCUT2D eigenvalue weighted by molar-refractivity contribution is 0.419. The van der Waals surface area contributed by atoms with Gasteiger partial charge in [-0.3, -0.25) is 0 Å². The number of thioether (sulfide) groups is 1. The quantitative estimate of drug-likeness (QED) is 0.250. The molecule has 2 fully saturated rings. The molecule has 2 aromatic heterocycles. The number of hydrogen-bond donors (Lipinski definition) is 0. The zero-order valence-electron chi connectivity index (χ0n) is 15.6. The molecule has 0 amide bonds. The Balaban J connectivity index is 1.94. The van der Waals surface area contributed by atoms with Gasteiger partial charge in [0.15, 0.2) is 21.9 Å². The van der Waals surface area contributed by atoms with Gasteiger partial charge in [0, 0.05) is 27.2 Å². The number of aliphatic imine (C=N–C) groups is 1. The number of nitrogens with zero attached hydrogens (tertiary/aromatic N) is 6. The van der Waals surface area contributed by atoms with Gasteiger partial charge in [-0.1, -0.05) is 23.4 Å². The van der Waals surface area contributed by atoms with Crippen molar-refractivity contribution in [3.05, 3.63) is 11.0 Å². The topological polar surface area (TPSA) is 57.5 Å². The summed E-state index contributed by atoms with van der Waals surface area (Å²) < 4.78 is 14.8. The van der Waals surface area contributed by atoms with Crippen LogP contribution in [0.2, 0.25) is 5.15 Å². The van der Waals surface area contributed by atoms with E-state index in [4.69, 9.17) is 16.6 Å². The van der Waals surface area contributed by atoms with Crippen molar-refractivity contribution in [2.75, 3.05) is 38.3 Å². The summed E-state index contributed by atoms with van der Waals surface area (Å²) in [4.78, 5) is 21.8. The summed E-state index contributed by atoms with van der Waals surface area (Å²) in [5.41, 5.74) is 0.188. The summed E-state index contributed by atoms with van der Waals surface area (Å²) in [5, 5.41) is 0.844. The highest BCUT2D eigenvalue weighted by molar-refractivity contribution is 7.98. The van der Waals surface area contributed by atoms with Crippen LogP contribution in [0.5, 0.6) is 0 Å². The summed E-state index contributed by atoms with van der Waals surface area (Å²) in [6.45, 7) is 1.86. The molecule has 2 bridgehead atoms. The molecule has 1 saturated carbocycles. The lowest BCUT2D eigenvalue weighted by atomic mass is 9.98.